The van der Waals surface area contributed by atoms with E-state index in [0.717, 1.165) is 0 Å². The molecule has 32 heavy (non-hydrogen) atoms. The van der Waals surface area contributed by atoms with Crippen molar-refractivity contribution in [3.05, 3.63) is 89.0 Å². The number of para-hydroxylation sites is 1. The van der Waals surface area contributed by atoms with Crippen LogP contribution >= 0.6 is 0 Å². The monoisotopic (exact) mass is 530 g/mol. The van der Waals surface area contributed by atoms with E-state index in [9.17, 15) is 0 Å². The van der Waals surface area contributed by atoms with Gasteiger partial charge in [-0.3, -0.25) is 0 Å². The summed E-state index contributed by atoms with van der Waals surface area (Å²) in [6, 6.07) is 25.1. The van der Waals surface area contributed by atoms with Crippen molar-refractivity contribution < 1.29 is 0 Å². The van der Waals surface area contributed by atoms with Crippen molar-refractivity contribution in [2.24, 2.45) is 0 Å². The van der Waals surface area contributed by atoms with Gasteiger partial charge in [-0.2, -0.15) is 0 Å². The molecular weight excluding hydrogens is 495 g/mol. The Labute approximate surface area is 204 Å². The van der Waals surface area contributed by atoms with Gasteiger partial charge in [0.1, 0.15) is 0 Å². The van der Waals surface area contributed by atoms with Crippen LogP contribution in [-0.2, 0) is 0 Å². The molecule has 3 aromatic carbocycles. The fourth-order valence-corrected chi connectivity index (χ4v) is 9.29. The third-order valence-electron chi connectivity index (χ3n) is 7.12. The van der Waals surface area contributed by atoms with Crippen molar-refractivity contribution in [3.63, 3.8) is 0 Å². The summed E-state index contributed by atoms with van der Waals surface area (Å²) in [5.74, 6) is 1.69. The number of anilines is 1. The molecule has 0 aromatic heterocycles. The standard InChI is InChI=1S/C29H34N2.Sn/c1-20(2)22-14-9-15-23(21(3)4)29(22)31-19-18-30-17-16-28-26-12-7-5-10-24(26)25-11-6-8-13-27(25)28;/h5-15,20-21,28H,16-19H2,1-4H3;/q-2;+2. The molecule has 1 aliphatic heterocycles. The van der Waals surface area contributed by atoms with E-state index in [2.05, 4.69) is 101 Å². The van der Waals surface area contributed by atoms with Crippen molar-refractivity contribution in [2.75, 3.05) is 22.8 Å². The van der Waals surface area contributed by atoms with Crippen LogP contribution in [0.15, 0.2) is 66.7 Å². The number of rotatable bonds is 6. The summed E-state index contributed by atoms with van der Waals surface area (Å²) in [5.41, 5.74) is 10.6. The van der Waals surface area contributed by atoms with Gasteiger partial charge >= 0.3 is 205 Å². The Hall–Kier alpha value is -1.78. The van der Waals surface area contributed by atoms with E-state index in [0.29, 0.717) is 17.8 Å². The van der Waals surface area contributed by atoms with Crippen LogP contribution < -0.4 is 3.12 Å². The second-order valence-corrected chi connectivity index (χ2v) is 13.8. The summed E-state index contributed by atoms with van der Waals surface area (Å²) < 4.78 is 5.64. The van der Waals surface area contributed by atoms with Crippen molar-refractivity contribution in [1.82, 2.24) is 3.12 Å². The Morgan fingerprint density at radius 1 is 0.750 bits per heavy atom. The van der Waals surface area contributed by atoms with Gasteiger partial charge in [-0.15, -0.1) is 0 Å². The van der Waals surface area contributed by atoms with Crippen LogP contribution in [-0.4, -0.2) is 44.4 Å². The Morgan fingerprint density at radius 3 is 1.88 bits per heavy atom. The van der Waals surface area contributed by atoms with Crippen LogP contribution in [0, 0.1) is 0 Å². The maximum absolute atomic E-state index is 2.83. The second-order valence-electron chi connectivity index (χ2n) is 9.85. The predicted octanol–water partition coefficient (Wildman–Crippen LogP) is 6.79. The molecule has 0 amide bonds. The molecule has 1 saturated heterocycles. The number of nitrogens with zero attached hydrogens (tertiary/aromatic N) is 2. The summed E-state index contributed by atoms with van der Waals surface area (Å²) >= 11 is -0.792. The van der Waals surface area contributed by atoms with Crippen LogP contribution in [0.1, 0.15) is 74.1 Å². The maximum atomic E-state index is 2.83. The molecule has 0 bridgehead atoms. The van der Waals surface area contributed by atoms with Crippen molar-refractivity contribution in [1.29, 1.82) is 0 Å². The second kappa shape index (κ2) is 9.23. The predicted molar refractivity (Wildman–Crippen MR) is 138 cm³/mol. The molecule has 164 valence electrons. The average molecular weight is 529 g/mol. The van der Waals surface area contributed by atoms with E-state index in [-0.39, 0.29) is 0 Å². The molecule has 1 heterocycles. The van der Waals surface area contributed by atoms with Crippen LogP contribution in [0.25, 0.3) is 11.1 Å². The number of hydrogen-bond donors (Lipinski definition) is 0. The summed E-state index contributed by atoms with van der Waals surface area (Å²) in [6.07, 6.45) is 1.23. The Bertz CT molecular complexity index is 1030. The molecule has 0 atom stereocenters. The van der Waals surface area contributed by atoms with Crippen LogP contribution in [0.3, 0.4) is 0 Å². The quantitative estimate of drug-likeness (QED) is 0.325. The molecule has 0 unspecified atom stereocenters. The van der Waals surface area contributed by atoms with E-state index >= 15 is 0 Å². The summed E-state index contributed by atoms with van der Waals surface area (Å²) in [5, 5.41) is 0. The first kappa shape index (κ1) is 22.0. The minimum atomic E-state index is -0.792. The topological polar surface area (TPSA) is 6.48 Å². The molecule has 0 saturated carbocycles. The summed E-state index contributed by atoms with van der Waals surface area (Å²) in [4.78, 5) is 0. The van der Waals surface area contributed by atoms with Crippen molar-refractivity contribution in [3.8, 4) is 11.1 Å². The van der Waals surface area contributed by atoms with E-state index < -0.39 is 21.7 Å². The zero-order chi connectivity index (χ0) is 22.2. The molecule has 3 heteroatoms. The van der Waals surface area contributed by atoms with Gasteiger partial charge in [0.25, 0.3) is 0 Å². The number of hydrogen-bond acceptors (Lipinski definition) is 2. The zero-order valence-electron chi connectivity index (χ0n) is 19.8. The molecule has 2 radical (unpaired) electrons. The van der Waals surface area contributed by atoms with E-state index in [4.69, 9.17) is 0 Å². The first-order valence-electron chi connectivity index (χ1n) is 12.1. The van der Waals surface area contributed by atoms with Crippen molar-refractivity contribution in [2.45, 2.75) is 51.9 Å². The SMILES string of the molecule is CC(C)c1cccc(C(C)C)c1[N]1CC[N](CCC2c3ccccc3-c3ccccc32)[Sn]1. The van der Waals surface area contributed by atoms with Gasteiger partial charge in [-0.25, -0.2) is 0 Å². The third-order valence-corrected chi connectivity index (χ3v) is 11.2. The molecule has 5 rings (SSSR count). The molecule has 2 nitrogen and oxygen atoms in total. The molecule has 2 aliphatic rings. The van der Waals surface area contributed by atoms with Gasteiger partial charge in [-0.05, 0) is 0 Å². The molecule has 1 fully saturated rings. The average Bonchev–Trinajstić information content (AvgIpc) is 3.40. The van der Waals surface area contributed by atoms with Crippen LogP contribution in [0.4, 0.5) is 5.69 Å². The molecule has 0 spiro atoms. The van der Waals surface area contributed by atoms with Crippen LogP contribution in [0.2, 0.25) is 0 Å². The normalized spacial score (nSPS) is 16.2. The van der Waals surface area contributed by atoms with Gasteiger partial charge in [0.2, 0.25) is 0 Å². The molecule has 3 aromatic rings. The first-order chi connectivity index (χ1) is 15.5. The summed E-state index contributed by atoms with van der Waals surface area (Å²) in [6.45, 7) is 13.0. The summed E-state index contributed by atoms with van der Waals surface area (Å²) in [7, 11) is 0. The molecule has 1 aliphatic carbocycles. The number of benzene rings is 3. The first-order valence-corrected chi connectivity index (χ1v) is 14.7. The van der Waals surface area contributed by atoms with Gasteiger partial charge in [0.05, 0.1) is 0 Å². The Kier molecular flexibility index (Phi) is 6.35. The van der Waals surface area contributed by atoms with Crippen molar-refractivity contribution >= 4 is 27.4 Å². The van der Waals surface area contributed by atoms with E-state index in [1.54, 1.807) is 5.69 Å². The molecule has 0 N–H and O–H groups in total. The fraction of sp³-hybridized carbons (Fsp3) is 0.379. The van der Waals surface area contributed by atoms with Gasteiger partial charge in [0, 0.05) is 0 Å². The zero-order valence-corrected chi connectivity index (χ0v) is 22.7. The molecular formula is C29H34N2Sn. The fourth-order valence-electron chi connectivity index (χ4n) is 5.49. The Balaban J connectivity index is 1.34. The van der Waals surface area contributed by atoms with Gasteiger partial charge in [-0.1, -0.05) is 0 Å². The number of fused-ring (bicyclic) bond motifs is 3. The van der Waals surface area contributed by atoms with E-state index in [1.807, 2.05) is 0 Å². The van der Waals surface area contributed by atoms with Gasteiger partial charge < -0.3 is 0 Å². The van der Waals surface area contributed by atoms with Gasteiger partial charge in [0.15, 0.2) is 0 Å². The minimum absolute atomic E-state index is 0.546. The van der Waals surface area contributed by atoms with Crippen LogP contribution in [0.5, 0.6) is 0 Å². The Morgan fingerprint density at radius 2 is 1.31 bits per heavy atom. The third kappa shape index (κ3) is 4.01. The van der Waals surface area contributed by atoms with E-state index in [1.165, 1.54) is 59.4 Å².